The third-order valence-corrected chi connectivity index (χ3v) is 5.27. The van der Waals surface area contributed by atoms with E-state index in [1.807, 2.05) is 4.90 Å². The van der Waals surface area contributed by atoms with Crippen molar-refractivity contribution in [2.45, 2.75) is 18.7 Å². The number of amides is 1. The second kappa shape index (κ2) is 8.27. The van der Waals surface area contributed by atoms with Crippen molar-refractivity contribution in [1.82, 2.24) is 10.2 Å². The van der Waals surface area contributed by atoms with E-state index in [9.17, 15) is 4.79 Å². The molecule has 0 unspecified atom stereocenters. The van der Waals surface area contributed by atoms with Crippen molar-refractivity contribution < 1.29 is 4.79 Å². The van der Waals surface area contributed by atoms with Crippen LogP contribution >= 0.6 is 40.1 Å². The van der Waals surface area contributed by atoms with Crippen LogP contribution in [-0.2, 0) is 4.79 Å². The smallest absolute Gasteiger partial charge is 0.233 e. The average molecular weight is 380 g/mol. The molecule has 1 heterocycles. The van der Waals surface area contributed by atoms with E-state index in [0.717, 1.165) is 30.7 Å². The van der Waals surface area contributed by atoms with Crippen LogP contribution < -0.4 is 5.32 Å². The summed E-state index contributed by atoms with van der Waals surface area (Å²) in [6.07, 6.45) is 0. The van der Waals surface area contributed by atoms with Gasteiger partial charge in [-0.15, -0.1) is 24.2 Å². The Balaban J connectivity index is 0.00000200. The number of benzene rings is 1. The monoisotopic (exact) mass is 378 g/mol. The van der Waals surface area contributed by atoms with Gasteiger partial charge >= 0.3 is 0 Å². The van der Waals surface area contributed by atoms with Crippen LogP contribution in [0.15, 0.2) is 21.5 Å². The van der Waals surface area contributed by atoms with Gasteiger partial charge < -0.3 is 10.2 Å². The number of aryl methyl sites for hydroxylation is 2. The Labute approximate surface area is 139 Å². The van der Waals surface area contributed by atoms with E-state index in [-0.39, 0.29) is 18.3 Å². The molecule has 6 heteroatoms. The van der Waals surface area contributed by atoms with Gasteiger partial charge in [-0.1, -0.05) is 15.9 Å². The number of hydrogen-bond acceptors (Lipinski definition) is 3. The van der Waals surface area contributed by atoms with Crippen molar-refractivity contribution in [1.29, 1.82) is 0 Å². The van der Waals surface area contributed by atoms with Crippen LogP contribution in [0.2, 0.25) is 0 Å². The van der Waals surface area contributed by atoms with Gasteiger partial charge in [0.25, 0.3) is 0 Å². The van der Waals surface area contributed by atoms with Crippen LogP contribution in [0.25, 0.3) is 0 Å². The van der Waals surface area contributed by atoms with E-state index in [4.69, 9.17) is 0 Å². The van der Waals surface area contributed by atoms with Gasteiger partial charge in [0.15, 0.2) is 0 Å². The fourth-order valence-electron chi connectivity index (χ4n) is 2.05. The highest BCUT2D eigenvalue weighted by molar-refractivity contribution is 9.10. The second-order valence-electron chi connectivity index (χ2n) is 4.79. The topological polar surface area (TPSA) is 32.3 Å². The summed E-state index contributed by atoms with van der Waals surface area (Å²) in [5.41, 5.74) is 2.43. The molecule has 20 heavy (non-hydrogen) atoms. The second-order valence-corrected chi connectivity index (χ2v) is 6.66. The molecule has 1 aliphatic rings. The lowest BCUT2D eigenvalue weighted by atomic mass is 10.2. The predicted octanol–water partition coefficient (Wildman–Crippen LogP) is 3.01. The molecule has 0 aromatic heterocycles. The lowest BCUT2D eigenvalue weighted by Crippen LogP contribution is -2.47. The molecule has 0 aliphatic carbocycles. The molecule has 0 saturated carbocycles. The maximum absolute atomic E-state index is 12.1. The Hall–Kier alpha value is -0.230. The third-order valence-electron chi connectivity index (χ3n) is 3.28. The maximum atomic E-state index is 12.1. The Kier molecular flexibility index (Phi) is 7.37. The van der Waals surface area contributed by atoms with E-state index < -0.39 is 0 Å². The van der Waals surface area contributed by atoms with Gasteiger partial charge in [0.2, 0.25) is 5.91 Å². The minimum absolute atomic E-state index is 0. The van der Waals surface area contributed by atoms with Gasteiger partial charge in [-0.25, -0.2) is 0 Å². The van der Waals surface area contributed by atoms with Gasteiger partial charge in [0, 0.05) is 35.5 Å². The molecule has 0 bridgehead atoms. The van der Waals surface area contributed by atoms with Gasteiger partial charge in [0.05, 0.1) is 5.75 Å². The molecule has 1 amide bonds. The molecule has 1 saturated heterocycles. The predicted molar refractivity (Wildman–Crippen MR) is 91.0 cm³/mol. The molecular formula is C14H20BrClN2OS. The van der Waals surface area contributed by atoms with Gasteiger partial charge in [-0.3, -0.25) is 4.79 Å². The quantitative estimate of drug-likeness (QED) is 0.819. The molecule has 1 N–H and O–H groups in total. The Morgan fingerprint density at radius 1 is 1.30 bits per heavy atom. The van der Waals surface area contributed by atoms with Crippen molar-refractivity contribution in [3.05, 3.63) is 27.7 Å². The summed E-state index contributed by atoms with van der Waals surface area (Å²) >= 11 is 5.17. The van der Waals surface area contributed by atoms with Gasteiger partial charge in [0.1, 0.15) is 0 Å². The molecule has 112 valence electrons. The molecule has 1 fully saturated rings. The number of hydrogen-bond donors (Lipinski definition) is 1. The number of rotatable bonds is 3. The van der Waals surface area contributed by atoms with Crippen LogP contribution in [0, 0.1) is 13.8 Å². The molecule has 1 aromatic rings. The normalized spacial score (nSPS) is 14.8. The summed E-state index contributed by atoms with van der Waals surface area (Å²) < 4.78 is 1.13. The van der Waals surface area contributed by atoms with Gasteiger partial charge in [-0.05, 0) is 37.1 Å². The van der Waals surface area contributed by atoms with Crippen LogP contribution in [0.4, 0.5) is 0 Å². The molecular weight excluding hydrogens is 360 g/mol. The van der Waals surface area contributed by atoms with Crippen LogP contribution in [0.5, 0.6) is 0 Å². The summed E-state index contributed by atoms with van der Waals surface area (Å²) in [7, 11) is 0. The molecule has 3 nitrogen and oxygen atoms in total. The molecule has 0 atom stereocenters. The van der Waals surface area contributed by atoms with E-state index in [2.05, 4.69) is 47.2 Å². The number of nitrogens with one attached hydrogen (secondary N) is 1. The first-order valence-corrected chi connectivity index (χ1v) is 8.24. The van der Waals surface area contributed by atoms with Crippen LogP contribution in [-0.4, -0.2) is 42.7 Å². The van der Waals surface area contributed by atoms with E-state index >= 15 is 0 Å². The van der Waals surface area contributed by atoms with E-state index in [1.165, 1.54) is 16.0 Å². The molecule has 2 rings (SSSR count). The number of nitrogens with zero attached hydrogens (tertiary/aromatic N) is 1. The number of thioether (sulfide) groups is 1. The minimum atomic E-state index is 0. The van der Waals surface area contributed by atoms with Crippen molar-refractivity contribution in [2.24, 2.45) is 0 Å². The minimum Gasteiger partial charge on any atom is -0.339 e. The van der Waals surface area contributed by atoms with Crippen molar-refractivity contribution in [3.63, 3.8) is 0 Å². The molecule has 0 spiro atoms. The zero-order valence-corrected chi connectivity index (χ0v) is 15.0. The highest BCUT2D eigenvalue weighted by atomic mass is 79.9. The molecule has 1 aliphatic heterocycles. The average Bonchev–Trinajstić information content (AvgIpc) is 2.42. The summed E-state index contributed by atoms with van der Waals surface area (Å²) in [6.45, 7) is 7.64. The first-order chi connectivity index (χ1) is 9.08. The van der Waals surface area contributed by atoms with Crippen molar-refractivity contribution in [2.75, 3.05) is 31.9 Å². The number of carbonyl (C=O) groups excluding carboxylic acids is 1. The van der Waals surface area contributed by atoms with E-state index in [1.54, 1.807) is 11.8 Å². The Morgan fingerprint density at radius 3 is 2.60 bits per heavy atom. The van der Waals surface area contributed by atoms with E-state index in [0.29, 0.717) is 5.75 Å². The van der Waals surface area contributed by atoms with Crippen LogP contribution in [0.1, 0.15) is 11.1 Å². The maximum Gasteiger partial charge on any atom is 0.233 e. The molecule has 1 aromatic carbocycles. The first kappa shape index (κ1) is 17.8. The zero-order valence-electron chi connectivity index (χ0n) is 11.7. The standard InChI is InChI=1S/C14H19BrN2OS.ClH/c1-10-8-13(11(2)7-12(10)15)19-9-14(18)17-5-3-16-4-6-17;/h7-8,16H,3-6,9H2,1-2H3;1H. The summed E-state index contributed by atoms with van der Waals surface area (Å²) in [4.78, 5) is 15.2. The fraction of sp³-hybridized carbons (Fsp3) is 0.500. The summed E-state index contributed by atoms with van der Waals surface area (Å²) in [5.74, 6) is 0.772. The lowest BCUT2D eigenvalue weighted by molar-refractivity contribution is -0.128. The summed E-state index contributed by atoms with van der Waals surface area (Å²) in [5, 5.41) is 3.26. The number of piperazine rings is 1. The lowest BCUT2D eigenvalue weighted by Gasteiger charge is -2.27. The SMILES string of the molecule is Cc1cc(SCC(=O)N2CCNCC2)c(C)cc1Br.Cl. The third kappa shape index (κ3) is 4.65. The summed E-state index contributed by atoms with van der Waals surface area (Å²) in [6, 6.07) is 4.27. The molecule has 0 radical (unpaired) electrons. The fourth-order valence-corrected chi connectivity index (χ4v) is 3.52. The Morgan fingerprint density at radius 2 is 1.95 bits per heavy atom. The zero-order chi connectivity index (χ0) is 13.8. The first-order valence-electron chi connectivity index (χ1n) is 6.46. The van der Waals surface area contributed by atoms with Crippen LogP contribution in [0.3, 0.4) is 0 Å². The number of carbonyl (C=O) groups is 1. The van der Waals surface area contributed by atoms with Gasteiger partial charge in [-0.2, -0.15) is 0 Å². The number of halogens is 2. The Bertz CT molecular complexity index is 478. The largest absolute Gasteiger partial charge is 0.339 e. The van der Waals surface area contributed by atoms with Crippen molar-refractivity contribution in [3.8, 4) is 0 Å². The van der Waals surface area contributed by atoms with Crippen molar-refractivity contribution >= 4 is 46.0 Å². The highest BCUT2D eigenvalue weighted by Crippen LogP contribution is 2.28. The highest BCUT2D eigenvalue weighted by Gasteiger charge is 2.16.